The molecule has 2 saturated heterocycles. The van der Waals surface area contributed by atoms with Crippen molar-refractivity contribution in [3.8, 4) is 0 Å². The molecule has 2 fully saturated rings. The summed E-state index contributed by atoms with van der Waals surface area (Å²) in [6.45, 7) is 6.62. The number of ether oxygens (including phenoxy) is 1. The summed E-state index contributed by atoms with van der Waals surface area (Å²) in [5.41, 5.74) is 2.01. The number of rotatable bonds is 3. The fourth-order valence-corrected chi connectivity index (χ4v) is 4.23. The van der Waals surface area contributed by atoms with Crippen LogP contribution in [0.25, 0.3) is 0 Å². The average molecular weight is 370 g/mol. The molecule has 1 N–H and O–H groups in total. The number of carbonyl (C=O) groups excluding carboxylic acids is 1. The van der Waals surface area contributed by atoms with Crippen LogP contribution >= 0.6 is 0 Å². The van der Waals surface area contributed by atoms with Gasteiger partial charge in [0.25, 0.3) is 0 Å². The largest absolute Gasteiger partial charge is 0.381 e. The number of hydrogen-bond acceptors (Lipinski definition) is 5. The van der Waals surface area contributed by atoms with Gasteiger partial charge in [0.15, 0.2) is 5.82 Å². The van der Waals surface area contributed by atoms with Gasteiger partial charge < -0.3 is 19.5 Å². The van der Waals surface area contributed by atoms with Crippen LogP contribution < -0.4 is 5.32 Å². The van der Waals surface area contributed by atoms with E-state index in [1.807, 2.05) is 36.1 Å². The normalized spacial score (nSPS) is 21.6. The van der Waals surface area contributed by atoms with Crippen molar-refractivity contribution in [2.45, 2.75) is 39.0 Å². The van der Waals surface area contributed by atoms with Gasteiger partial charge in [0.2, 0.25) is 5.89 Å². The van der Waals surface area contributed by atoms with Gasteiger partial charge in [0.05, 0.1) is 5.92 Å². The number of benzene rings is 1. The second kappa shape index (κ2) is 7.31. The highest BCUT2D eigenvalue weighted by molar-refractivity contribution is 5.89. The first-order valence-corrected chi connectivity index (χ1v) is 9.62. The molecule has 0 unspecified atom stereocenters. The molecule has 0 bridgehead atoms. The fourth-order valence-electron chi connectivity index (χ4n) is 4.23. The molecule has 1 aromatic heterocycles. The van der Waals surface area contributed by atoms with Crippen LogP contribution in [0.2, 0.25) is 0 Å². The minimum Gasteiger partial charge on any atom is -0.381 e. The summed E-state index contributed by atoms with van der Waals surface area (Å²) in [4.78, 5) is 19.2. The van der Waals surface area contributed by atoms with Crippen molar-refractivity contribution in [2.24, 2.45) is 5.41 Å². The Labute approximate surface area is 159 Å². The zero-order valence-corrected chi connectivity index (χ0v) is 15.9. The van der Waals surface area contributed by atoms with Gasteiger partial charge in [-0.15, -0.1) is 0 Å². The maximum Gasteiger partial charge on any atom is 0.321 e. The molecule has 4 rings (SSSR count). The van der Waals surface area contributed by atoms with Gasteiger partial charge in [-0.25, -0.2) is 4.79 Å². The van der Waals surface area contributed by atoms with Crippen LogP contribution in [0, 0.1) is 12.3 Å². The predicted octanol–water partition coefficient (Wildman–Crippen LogP) is 3.37. The average Bonchev–Trinajstić information content (AvgIpc) is 3.27. The van der Waals surface area contributed by atoms with Crippen molar-refractivity contribution < 1.29 is 14.1 Å². The number of amides is 2. The van der Waals surface area contributed by atoms with Gasteiger partial charge in [0, 0.05) is 37.4 Å². The van der Waals surface area contributed by atoms with E-state index in [4.69, 9.17) is 9.26 Å². The van der Waals surface area contributed by atoms with Gasteiger partial charge in [-0.2, -0.15) is 4.98 Å². The molecule has 7 nitrogen and oxygen atoms in total. The molecule has 0 radical (unpaired) electrons. The lowest BCUT2D eigenvalue weighted by Gasteiger charge is -2.36. The van der Waals surface area contributed by atoms with Gasteiger partial charge in [0.1, 0.15) is 0 Å². The Balaban J connectivity index is 1.52. The molecule has 2 aliphatic heterocycles. The molecule has 0 aliphatic carbocycles. The molecule has 1 aromatic carbocycles. The Morgan fingerprint density at radius 1 is 1.30 bits per heavy atom. The van der Waals surface area contributed by atoms with Crippen LogP contribution in [-0.2, 0) is 11.2 Å². The molecule has 0 saturated carbocycles. The van der Waals surface area contributed by atoms with Crippen LogP contribution in [0.3, 0.4) is 0 Å². The SMILES string of the molecule is CCc1ccc(NC(=O)N2C[C@@H](c3nc(C)no3)C3(CCOCC3)C2)cc1. The van der Waals surface area contributed by atoms with Crippen molar-refractivity contribution in [1.82, 2.24) is 15.0 Å². The Bertz CT molecular complexity index is 796. The van der Waals surface area contributed by atoms with Crippen LogP contribution in [0.1, 0.15) is 43.0 Å². The molecular formula is C20H26N4O3. The zero-order chi connectivity index (χ0) is 18.9. The van der Waals surface area contributed by atoms with Crippen LogP contribution in [0.15, 0.2) is 28.8 Å². The highest BCUT2D eigenvalue weighted by Gasteiger charge is 2.51. The van der Waals surface area contributed by atoms with E-state index < -0.39 is 0 Å². The van der Waals surface area contributed by atoms with Crippen molar-refractivity contribution in [3.63, 3.8) is 0 Å². The lowest BCUT2D eigenvalue weighted by atomic mass is 9.72. The fraction of sp³-hybridized carbons (Fsp3) is 0.550. The third kappa shape index (κ3) is 3.56. The summed E-state index contributed by atoms with van der Waals surface area (Å²) in [6, 6.07) is 7.92. The van der Waals surface area contributed by atoms with E-state index in [-0.39, 0.29) is 17.4 Å². The first kappa shape index (κ1) is 18.0. The maximum absolute atomic E-state index is 12.9. The van der Waals surface area contributed by atoms with Gasteiger partial charge >= 0.3 is 6.03 Å². The Hall–Kier alpha value is -2.41. The van der Waals surface area contributed by atoms with E-state index >= 15 is 0 Å². The predicted molar refractivity (Wildman–Crippen MR) is 101 cm³/mol. The molecule has 7 heteroatoms. The van der Waals surface area contributed by atoms with Crippen LogP contribution in [-0.4, -0.2) is 47.4 Å². The zero-order valence-electron chi connectivity index (χ0n) is 15.9. The molecule has 3 heterocycles. The molecular weight excluding hydrogens is 344 g/mol. The number of aromatic nitrogens is 2. The van der Waals surface area contributed by atoms with Crippen LogP contribution in [0.4, 0.5) is 10.5 Å². The molecule has 27 heavy (non-hydrogen) atoms. The summed E-state index contributed by atoms with van der Waals surface area (Å²) in [6.07, 6.45) is 2.78. The lowest BCUT2D eigenvalue weighted by molar-refractivity contribution is 0.00959. The van der Waals surface area contributed by atoms with Gasteiger partial charge in [-0.05, 0) is 43.9 Å². The standard InChI is InChI=1S/C20H26N4O3/c1-3-15-4-6-16(7-5-15)22-19(25)24-12-17(18-21-14(2)23-27-18)20(13-24)8-10-26-11-9-20/h4-7,17H,3,8-13H2,1-2H3,(H,22,25)/t17-/m0/s1. The summed E-state index contributed by atoms with van der Waals surface area (Å²) in [5, 5.41) is 6.98. The number of anilines is 1. The van der Waals surface area contributed by atoms with Crippen molar-refractivity contribution in [3.05, 3.63) is 41.5 Å². The highest BCUT2D eigenvalue weighted by Crippen LogP contribution is 2.49. The maximum atomic E-state index is 12.9. The number of nitrogens with zero attached hydrogens (tertiary/aromatic N) is 3. The van der Waals surface area contributed by atoms with Crippen LogP contribution in [0.5, 0.6) is 0 Å². The number of aryl methyl sites for hydroxylation is 2. The summed E-state index contributed by atoms with van der Waals surface area (Å²) in [7, 11) is 0. The smallest absolute Gasteiger partial charge is 0.321 e. The Kier molecular flexibility index (Phi) is 4.86. The number of carbonyl (C=O) groups is 1. The lowest BCUT2D eigenvalue weighted by Crippen LogP contribution is -2.38. The van der Waals surface area contributed by atoms with E-state index in [2.05, 4.69) is 22.4 Å². The van der Waals surface area contributed by atoms with E-state index in [1.54, 1.807) is 0 Å². The number of likely N-dealkylation sites (tertiary alicyclic amines) is 1. The third-order valence-corrected chi connectivity index (χ3v) is 5.88. The second-order valence-corrected chi connectivity index (χ2v) is 7.57. The summed E-state index contributed by atoms with van der Waals surface area (Å²) < 4.78 is 11.1. The van der Waals surface area contributed by atoms with Crippen molar-refractivity contribution >= 4 is 11.7 Å². The monoisotopic (exact) mass is 370 g/mol. The van der Waals surface area contributed by atoms with Crippen molar-refractivity contribution in [2.75, 3.05) is 31.6 Å². The number of urea groups is 1. The Morgan fingerprint density at radius 2 is 2.04 bits per heavy atom. The van der Waals surface area contributed by atoms with E-state index in [1.165, 1.54) is 5.56 Å². The molecule has 144 valence electrons. The van der Waals surface area contributed by atoms with Crippen molar-refractivity contribution in [1.29, 1.82) is 0 Å². The minimum absolute atomic E-state index is 0.0517. The topological polar surface area (TPSA) is 80.5 Å². The molecule has 1 spiro atoms. The first-order valence-electron chi connectivity index (χ1n) is 9.62. The Morgan fingerprint density at radius 3 is 2.67 bits per heavy atom. The number of hydrogen-bond donors (Lipinski definition) is 1. The quantitative estimate of drug-likeness (QED) is 0.896. The first-order chi connectivity index (χ1) is 13.1. The highest BCUT2D eigenvalue weighted by atomic mass is 16.5. The van der Waals surface area contributed by atoms with Gasteiger partial charge in [-0.3, -0.25) is 0 Å². The molecule has 2 amide bonds. The minimum atomic E-state index is -0.0798. The third-order valence-electron chi connectivity index (χ3n) is 5.88. The summed E-state index contributed by atoms with van der Waals surface area (Å²) in [5.74, 6) is 1.32. The molecule has 2 aliphatic rings. The molecule has 2 aromatic rings. The molecule has 1 atom stereocenters. The van der Waals surface area contributed by atoms with E-state index in [0.717, 1.165) is 24.9 Å². The number of nitrogens with one attached hydrogen (secondary N) is 1. The van der Waals surface area contributed by atoms with Gasteiger partial charge in [-0.1, -0.05) is 24.2 Å². The second-order valence-electron chi connectivity index (χ2n) is 7.57. The summed E-state index contributed by atoms with van der Waals surface area (Å²) >= 11 is 0. The van der Waals surface area contributed by atoms with E-state index in [9.17, 15) is 4.79 Å². The van der Waals surface area contributed by atoms with E-state index in [0.29, 0.717) is 38.0 Å².